The van der Waals surface area contributed by atoms with E-state index in [1.807, 2.05) is 21.9 Å². The molecular formula is C25H29F3IN7O2. The normalized spacial score (nSPS) is 18.8. The van der Waals surface area contributed by atoms with Crippen LogP contribution in [0.2, 0.25) is 0 Å². The highest BCUT2D eigenvalue weighted by Crippen LogP contribution is 2.32. The van der Waals surface area contributed by atoms with Crippen molar-refractivity contribution in [3.8, 4) is 5.75 Å². The highest BCUT2D eigenvalue weighted by molar-refractivity contribution is 14.1. The highest BCUT2D eigenvalue weighted by Gasteiger charge is 2.38. The van der Waals surface area contributed by atoms with Crippen LogP contribution in [0.4, 0.5) is 19.0 Å². The highest BCUT2D eigenvalue weighted by atomic mass is 127. The average molecular weight is 643 g/mol. The minimum atomic E-state index is -4.62. The molecule has 38 heavy (non-hydrogen) atoms. The van der Waals surface area contributed by atoms with Crippen LogP contribution in [0.1, 0.15) is 37.1 Å². The molecule has 2 saturated heterocycles. The molecule has 13 heteroatoms. The number of alkyl halides is 4. The maximum Gasteiger partial charge on any atom is 0.453 e. The third-order valence-electron chi connectivity index (χ3n) is 7.28. The first-order chi connectivity index (χ1) is 18.2. The Morgan fingerprint density at radius 2 is 1.79 bits per heavy atom. The van der Waals surface area contributed by atoms with Gasteiger partial charge in [0.2, 0.25) is 5.91 Å². The Morgan fingerprint density at radius 3 is 2.45 bits per heavy atom. The monoisotopic (exact) mass is 643 g/mol. The number of rotatable bonds is 7. The average Bonchev–Trinajstić information content (AvgIpc) is 3.36. The summed E-state index contributed by atoms with van der Waals surface area (Å²) < 4.78 is 47.1. The predicted octanol–water partition coefficient (Wildman–Crippen LogP) is 3.83. The molecule has 1 amide bonds. The van der Waals surface area contributed by atoms with Crippen molar-refractivity contribution in [3.05, 3.63) is 47.8 Å². The Labute approximate surface area is 232 Å². The fourth-order valence-electron chi connectivity index (χ4n) is 4.95. The van der Waals surface area contributed by atoms with Gasteiger partial charge in [0.25, 0.3) is 5.82 Å². The smallest absolute Gasteiger partial charge is 0.453 e. The van der Waals surface area contributed by atoms with Crippen LogP contribution in [-0.2, 0) is 11.0 Å². The summed E-state index contributed by atoms with van der Waals surface area (Å²) in [5.41, 5.74) is 1.28. The number of fused-ring (bicyclic) bond motifs is 1. The van der Waals surface area contributed by atoms with Gasteiger partial charge in [0.15, 0.2) is 5.65 Å². The van der Waals surface area contributed by atoms with Gasteiger partial charge in [-0.05, 0) is 55.5 Å². The van der Waals surface area contributed by atoms with E-state index in [1.54, 1.807) is 6.07 Å². The van der Waals surface area contributed by atoms with E-state index in [-0.39, 0.29) is 17.6 Å². The number of nitrogens with zero attached hydrogens (tertiary/aromatic N) is 7. The molecule has 0 spiro atoms. The van der Waals surface area contributed by atoms with Crippen molar-refractivity contribution in [2.75, 3.05) is 48.8 Å². The molecule has 0 saturated carbocycles. The third-order valence-corrected chi connectivity index (χ3v) is 8.10. The number of benzene rings is 1. The SMILES string of the molecule is CC(COc1ccc(C2CCN(c3ccc4nnc(C(F)(F)F)n4n3)CC2)cc1)N1CCN(CI)C(=O)C1. The van der Waals surface area contributed by atoms with E-state index in [0.717, 1.165) is 40.7 Å². The Bertz CT molecular complexity index is 1260. The second-order valence-corrected chi connectivity index (χ2v) is 10.4. The molecule has 9 nitrogen and oxygen atoms in total. The summed E-state index contributed by atoms with van der Waals surface area (Å²) in [7, 11) is 0. The van der Waals surface area contributed by atoms with Crippen molar-refractivity contribution in [1.29, 1.82) is 0 Å². The van der Waals surface area contributed by atoms with E-state index < -0.39 is 12.0 Å². The van der Waals surface area contributed by atoms with Crippen LogP contribution in [-0.4, -0.2) is 85.4 Å². The van der Waals surface area contributed by atoms with E-state index in [2.05, 4.69) is 61.8 Å². The van der Waals surface area contributed by atoms with Gasteiger partial charge in [0, 0.05) is 32.2 Å². The summed E-state index contributed by atoms with van der Waals surface area (Å²) in [6, 6.07) is 11.5. The molecule has 0 bridgehead atoms. The van der Waals surface area contributed by atoms with Crippen molar-refractivity contribution in [2.24, 2.45) is 0 Å². The van der Waals surface area contributed by atoms with Gasteiger partial charge in [0.05, 0.1) is 11.1 Å². The number of amides is 1. The molecule has 2 aromatic heterocycles. The molecule has 2 fully saturated rings. The van der Waals surface area contributed by atoms with Gasteiger partial charge in [-0.3, -0.25) is 9.69 Å². The summed E-state index contributed by atoms with van der Waals surface area (Å²) in [6.07, 6.45) is -2.89. The molecule has 2 aliphatic heterocycles. The Morgan fingerprint density at radius 1 is 1.05 bits per heavy atom. The van der Waals surface area contributed by atoms with Crippen LogP contribution in [0.3, 0.4) is 0 Å². The lowest BCUT2D eigenvalue weighted by molar-refractivity contribution is -0.146. The van der Waals surface area contributed by atoms with E-state index in [9.17, 15) is 18.0 Å². The zero-order valence-corrected chi connectivity index (χ0v) is 23.1. The number of ether oxygens (including phenoxy) is 1. The number of hydrogen-bond acceptors (Lipinski definition) is 7. The molecule has 1 atom stereocenters. The predicted molar refractivity (Wildman–Crippen MR) is 144 cm³/mol. The lowest BCUT2D eigenvalue weighted by Crippen LogP contribution is -2.53. The number of hydrogen-bond donors (Lipinski definition) is 0. The minimum absolute atomic E-state index is 0.0694. The molecule has 4 heterocycles. The molecule has 0 aliphatic carbocycles. The second kappa shape index (κ2) is 11.2. The van der Waals surface area contributed by atoms with Crippen LogP contribution in [0.25, 0.3) is 5.65 Å². The maximum atomic E-state index is 13.2. The number of halogens is 4. The number of aromatic nitrogens is 4. The lowest BCUT2D eigenvalue weighted by atomic mass is 9.89. The number of piperazine rings is 1. The molecule has 0 radical (unpaired) electrons. The number of piperidine rings is 1. The van der Waals surface area contributed by atoms with Gasteiger partial charge < -0.3 is 14.5 Å². The third kappa shape index (κ3) is 5.82. The van der Waals surface area contributed by atoms with Crippen LogP contribution in [0.15, 0.2) is 36.4 Å². The van der Waals surface area contributed by atoms with Crippen LogP contribution < -0.4 is 9.64 Å². The Hall–Kier alpha value is -2.68. The van der Waals surface area contributed by atoms with Crippen LogP contribution in [0.5, 0.6) is 5.75 Å². The minimum Gasteiger partial charge on any atom is -0.492 e. The van der Waals surface area contributed by atoms with Gasteiger partial charge in [0.1, 0.15) is 18.2 Å². The first-order valence-electron chi connectivity index (χ1n) is 12.6. The van der Waals surface area contributed by atoms with Gasteiger partial charge in [-0.25, -0.2) is 0 Å². The number of anilines is 1. The maximum absolute atomic E-state index is 13.2. The zero-order chi connectivity index (χ0) is 26.9. The van der Waals surface area contributed by atoms with E-state index in [0.29, 0.717) is 38.0 Å². The zero-order valence-electron chi connectivity index (χ0n) is 20.9. The summed E-state index contributed by atoms with van der Waals surface area (Å²) >= 11 is 2.22. The van der Waals surface area contributed by atoms with Crippen molar-refractivity contribution >= 4 is 40.0 Å². The quantitative estimate of drug-likeness (QED) is 0.220. The molecule has 2 aliphatic rings. The molecular weight excluding hydrogens is 614 g/mol. The van der Waals surface area contributed by atoms with Gasteiger partial charge in [-0.2, -0.15) is 17.7 Å². The molecule has 3 aromatic rings. The standard InChI is InChI=1S/C25H29F3IN7O2/c1-17(34-12-13-35(16-29)23(37)14-34)15-38-20-4-2-18(3-5-20)19-8-10-33(11-9-19)22-7-6-21-30-31-24(25(26,27)28)36(21)32-22/h2-7,17,19H,8-16H2,1H3. The Balaban J connectivity index is 1.13. The number of carbonyl (C=O) groups excluding carboxylic acids is 1. The van der Waals surface area contributed by atoms with Crippen LogP contribution >= 0.6 is 22.6 Å². The van der Waals surface area contributed by atoms with Gasteiger partial charge in [-0.15, -0.1) is 15.3 Å². The fraction of sp³-hybridized carbons (Fsp3) is 0.520. The van der Waals surface area contributed by atoms with Crippen molar-refractivity contribution in [1.82, 2.24) is 29.6 Å². The first kappa shape index (κ1) is 26.9. The lowest BCUT2D eigenvalue weighted by Gasteiger charge is -2.36. The molecule has 1 aromatic carbocycles. The summed E-state index contributed by atoms with van der Waals surface area (Å²) in [5.74, 6) is 0.671. The fourth-order valence-corrected chi connectivity index (χ4v) is 5.68. The second-order valence-electron chi connectivity index (χ2n) is 9.72. The van der Waals surface area contributed by atoms with E-state index in [4.69, 9.17) is 4.74 Å². The van der Waals surface area contributed by atoms with Crippen molar-refractivity contribution in [3.63, 3.8) is 0 Å². The molecule has 204 valence electrons. The summed E-state index contributed by atoms with van der Waals surface area (Å²) in [4.78, 5) is 18.2. The van der Waals surface area contributed by atoms with Crippen LogP contribution in [0, 0.1) is 0 Å². The summed E-state index contributed by atoms with van der Waals surface area (Å²) in [6.45, 7) is 5.99. The largest absolute Gasteiger partial charge is 0.492 e. The van der Waals surface area contributed by atoms with Crippen molar-refractivity contribution < 1.29 is 22.7 Å². The number of carbonyl (C=O) groups is 1. The van der Waals surface area contributed by atoms with Crippen molar-refractivity contribution in [2.45, 2.75) is 37.9 Å². The van der Waals surface area contributed by atoms with E-state index in [1.165, 1.54) is 11.6 Å². The molecule has 0 N–H and O–H groups in total. The van der Waals surface area contributed by atoms with Gasteiger partial charge >= 0.3 is 6.18 Å². The van der Waals surface area contributed by atoms with Gasteiger partial charge in [-0.1, -0.05) is 34.7 Å². The topological polar surface area (TPSA) is 79.1 Å². The van der Waals surface area contributed by atoms with E-state index >= 15 is 0 Å². The summed E-state index contributed by atoms with van der Waals surface area (Å²) in [5, 5.41) is 11.0. The first-order valence-corrected chi connectivity index (χ1v) is 14.1. The molecule has 5 rings (SSSR count). The Kier molecular flexibility index (Phi) is 7.93. The molecule has 1 unspecified atom stereocenters.